The number of nitrogens with one attached hydrogen (secondary N) is 2. The molecule has 0 aliphatic carbocycles. The fourth-order valence-electron chi connectivity index (χ4n) is 2.21. The fourth-order valence-corrected chi connectivity index (χ4v) is 2.21. The van der Waals surface area contributed by atoms with Crippen LogP contribution in [0.2, 0.25) is 0 Å². The first kappa shape index (κ1) is 18.0. The highest BCUT2D eigenvalue weighted by Gasteiger charge is 2.34. The number of carbonyl (C=O) groups excluding carboxylic acids is 1. The molecule has 1 amide bonds. The van der Waals surface area contributed by atoms with Crippen LogP contribution in [0.15, 0.2) is 29.4 Å². The van der Waals surface area contributed by atoms with E-state index in [1.807, 2.05) is 45.9 Å². The molecular formula is C17H27N5O2. The summed E-state index contributed by atoms with van der Waals surface area (Å²) in [6.07, 6.45) is 1.49. The van der Waals surface area contributed by atoms with E-state index in [0.29, 0.717) is 19.6 Å². The van der Waals surface area contributed by atoms with Crippen LogP contribution in [0.25, 0.3) is 0 Å². The van der Waals surface area contributed by atoms with Crippen LogP contribution in [0.5, 0.6) is 0 Å². The number of rotatable bonds is 4. The van der Waals surface area contributed by atoms with Crippen LogP contribution in [-0.4, -0.2) is 53.2 Å². The van der Waals surface area contributed by atoms with E-state index in [0.717, 1.165) is 18.2 Å². The normalized spacial score (nSPS) is 15.7. The number of amides is 1. The molecule has 2 rings (SSSR count). The molecule has 7 heteroatoms. The molecule has 0 unspecified atom stereocenters. The van der Waals surface area contributed by atoms with Crippen LogP contribution in [0, 0.1) is 0 Å². The third kappa shape index (κ3) is 5.72. The maximum absolute atomic E-state index is 11.9. The van der Waals surface area contributed by atoms with Crippen LogP contribution in [0.4, 0.5) is 4.79 Å². The minimum absolute atomic E-state index is 0.180. The lowest BCUT2D eigenvalue weighted by molar-refractivity contribution is 0.00701. The molecule has 1 aromatic heterocycles. The van der Waals surface area contributed by atoms with E-state index in [-0.39, 0.29) is 12.1 Å². The van der Waals surface area contributed by atoms with Gasteiger partial charge in [0.05, 0.1) is 18.3 Å². The number of guanidine groups is 1. The summed E-state index contributed by atoms with van der Waals surface area (Å²) in [5.74, 6) is 0.733. The molecule has 1 fully saturated rings. The first-order chi connectivity index (χ1) is 11.4. The van der Waals surface area contributed by atoms with Crippen molar-refractivity contribution in [3.05, 3.63) is 30.1 Å². The highest BCUT2D eigenvalue weighted by molar-refractivity contribution is 5.80. The van der Waals surface area contributed by atoms with E-state index >= 15 is 0 Å². The van der Waals surface area contributed by atoms with Crippen molar-refractivity contribution in [3.63, 3.8) is 0 Å². The van der Waals surface area contributed by atoms with E-state index in [4.69, 9.17) is 4.74 Å². The van der Waals surface area contributed by atoms with Crippen molar-refractivity contribution in [2.75, 3.05) is 19.6 Å². The quantitative estimate of drug-likeness (QED) is 0.648. The molecule has 1 aliphatic rings. The smallest absolute Gasteiger partial charge is 0.410 e. The van der Waals surface area contributed by atoms with Gasteiger partial charge in [0.2, 0.25) is 0 Å². The average Bonchev–Trinajstić information content (AvgIpc) is 2.47. The molecule has 1 aliphatic heterocycles. The Morgan fingerprint density at radius 2 is 2.17 bits per heavy atom. The second-order valence-electron chi connectivity index (χ2n) is 6.74. The Balaban J connectivity index is 1.81. The van der Waals surface area contributed by atoms with Gasteiger partial charge in [-0.3, -0.25) is 4.98 Å². The number of carbonyl (C=O) groups is 1. The number of hydrogen-bond acceptors (Lipinski definition) is 4. The highest BCUT2D eigenvalue weighted by Crippen LogP contribution is 2.15. The Bertz CT molecular complexity index is 562. The Kier molecular flexibility index (Phi) is 6.00. The molecule has 2 N–H and O–H groups in total. The van der Waals surface area contributed by atoms with Gasteiger partial charge in [0.1, 0.15) is 5.60 Å². The Hall–Kier alpha value is -2.31. The van der Waals surface area contributed by atoms with Gasteiger partial charge in [-0.2, -0.15) is 0 Å². The zero-order valence-corrected chi connectivity index (χ0v) is 14.9. The summed E-state index contributed by atoms with van der Waals surface area (Å²) in [5.41, 5.74) is 0.452. The van der Waals surface area contributed by atoms with Gasteiger partial charge in [0.15, 0.2) is 5.96 Å². The molecule has 0 atom stereocenters. The van der Waals surface area contributed by atoms with Gasteiger partial charge in [-0.15, -0.1) is 0 Å². The number of hydrogen-bond donors (Lipinski definition) is 2. The van der Waals surface area contributed by atoms with E-state index < -0.39 is 5.60 Å². The summed E-state index contributed by atoms with van der Waals surface area (Å²) in [6.45, 7) is 10.1. The van der Waals surface area contributed by atoms with Gasteiger partial charge in [0.25, 0.3) is 0 Å². The Morgan fingerprint density at radius 3 is 2.75 bits per heavy atom. The monoisotopic (exact) mass is 333 g/mol. The lowest BCUT2D eigenvalue weighted by Crippen LogP contribution is -2.63. The molecular weight excluding hydrogens is 306 g/mol. The number of pyridine rings is 1. The van der Waals surface area contributed by atoms with E-state index in [1.165, 1.54) is 0 Å². The average molecular weight is 333 g/mol. The molecule has 24 heavy (non-hydrogen) atoms. The minimum Gasteiger partial charge on any atom is -0.444 e. The van der Waals surface area contributed by atoms with Crippen LogP contribution < -0.4 is 10.6 Å². The number of aromatic nitrogens is 1. The number of aliphatic imine (C=N–C) groups is 1. The fraction of sp³-hybridized carbons (Fsp3) is 0.588. The SMILES string of the molecule is CCNC(=NCc1ccccn1)NC1CN(C(=O)OC(C)(C)C)C1. The molecule has 7 nitrogen and oxygen atoms in total. The van der Waals surface area contributed by atoms with Gasteiger partial charge >= 0.3 is 6.09 Å². The molecule has 1 aromatic rings. The summed E-state index contributed by atoms with van der Waals surface area (Å²) in [5, 5.41) is 6.54. The van der Waals surface area contributed by atoms with Crippen molar-refractivity contribution in [1.29, 1.82) is 0 Å². The number of likely N-dealkylation sites (tertiary alicyclic amines) is 1. The van der Waals surface area contributed by atoms with Gasteiger partial charge in [-0.05, 0) is 39.8 Å². The summed E-state index contributed by atoms with van der Waals surface area (Å²) in [4.78, 5) is 22.4. The maximum Gasteiger partial charge on any atom is 0.410 e. The standard InChI is InChI=1S/C17H27N5O2/c1-5-18-15(20-10-13-8-6-7-9-19-13)21-14-11-22(12-14)16(23)24-17(2,3)4/h6-9,14H,5,10-12H2,1-4H3,(H2,18,20,21). The lowest BCUT2D eigenvalue weighted by atomic mass is 10.1. The van der Waals surface area contributed by atoms with Gasteiger partial charge in [0, 0.05) is 25.8 Å². The third-order valence-electron chi connectivity index (χ3n) is 3.34. The van der Waals surface area contributed by atoms with Crippen LogP contribution in [0.1, 0.15) is 33.4 Å². The van der Waals surface area contributed by atoms with Crippen molar-refractivity contribution >= 4 is 12.1 Å². The predicted molar refractivity (Wildman–Crippen MR) is 93.8 cm³/mol. The molecule has 0 saturated carbocycles. The molecule has 1 saturated heterocycles. The first-order valence-corrected chi connectivity index (χ1v) is 8.30. The first-order valence-electron chi connectivity index (χ1n) is 8.30. The molecule has 2 heterocycles. The van der Waals surface area contributed by atoms with Crippen molar-refractivity contribution in [1.82, 2.24) is 20.5 Å². The van der Waals surface area contributed by atoms with Gasteiger partial charge in [-0.1, -0.05) is 6.07 Å². The molecule has 0 bridgehead atoms. The molecule has 0 aromatic carbocycles. The molecule has 0 spiro atoms. The number of ether oxygens (including phenoxy) is 1. The van der Waals surface area contributed by atoms with Crippen molar-refractivity contribution in [3.8, 4) is 0 Å². The van der Waals surface area contributed by atoms with Crippen LogP contribution >= 0.6 is 0 Å². The highest BCUT2D eigenvalue weighted by atomic mass is 16.6. The Morgan fingerprint density at radius 1 is 1.42 bits per heavy atom. The lowest BCUT2D eigenvalue weighted by Gasteiger charge is -2.40. The van der Waals surface area contributed by atoms with Crippen molar-refractivity contribution in [2.24, 2.45) is 4.99 Å². The van der Waals surface area contributed by atoms with E-state index in [2.05, 4.69) is 20.6 Å². The second kappa shape index (κ2) is 7.99. The predicted octanol–water partition coefficient (Wildman–Crippen LogP) is 1.76. The summed E-state index contributed by atoms with van der Waals surface area (Å²) in [7, 11) is 0. The van der Waals surface area contributed by atoms with E-state index in [9.17, 15) is 4.79 Å². The summed E-state index contributed by atoms with van der Waals surface area (Å²) < 4.78 is 5.35. The van der Waals surface area contributed by atoms with Gasteiger partial charge in [-0.25, -0.2) is 9.79 Å². The largest absolute Gasteiger partial charge is 0.444 e. The summed E-state index contributed by atoms with van der Waals surface area (Å²) >= 11 is 0. The second-order valence-corrected chi connectivity index (χ2v) is 6.74. The maximum atomic E-state index is 11.9. The molecule has 0 radical (unpaired) electrons. The zero-order chi connectivity index (χ0) is 17.6. The van der Waals surface area contributed by atoms with Crippen molar-refractivity contribution < 1.29 is 9.53 Å². The van der Waals surface area contributed by atoms with Crippen molar-refractivity contribution in [2.45, 2.75) is 45.9 Å². The molecule has 132 valence electrons. The minimum atomic E-state index is -0.464. The topological polar surface area (TPSA) is 78.9 Å². The zero-order valence-electron chi connectivity index (χ0n) is 14.9. The van der Waals surface area contributed by atoms with Crippen LogP contribution in [-0.2, 0) is 11.3 Å². The van der Waals surface area contributed by atoms with Crippen LogP contribution in [0.3, 0.4) is 0 Å². The Labute approximate surface area is 143 Å². The number of nitrogens with zero attached hydrogens (tertiary/aromatic N) is 3. The third-order valence-corrected chi connectivity index (χ3v) is 3.34. The summed E-state index contributed by atoms with van der Waals surface area (Å²) in [6, 6.07) is 5.96. The van der Waals surface area contributed by atoms with Gasteiger partial charge < -0.3 is 20.3 Å². The van der Waals surface area contributed by atoms with E-state index in [1.54, 1.807) is 11.1 Å².